The summed E-state index contributed by atoms with van der Waals surface area (Å²) in [6.45, 7) is 1.00. The summed E-state index contributed by atoms with van der Waals surface area (Å²) in [6, 6.07) is 12.7. The van der Waals surface area contributed by atoms with E-state index in [1.807, 2.05) is 18.2 Å². The van der Waals surface area contributed by atoms with Gasteiger partial charge in [0.25, 0.3) is 0 Å². The third-order valence-corrected chi connectivity index (χ3v) is 6.82. The highest BCUT2D eigenvalue weighted by atomic mass is 16.7. The number of rotatable bonds is 11. The fourth-order valence-electron chi connectivity index (χ4n) is 4.68. The standard InChI is InChI=1S/C30H34N2O9/c1-18(34)26(29(37)31-13-14-33)32-28(36)21-15-24-27(40-17-39-24)25(16-21)41-30(38)22-11-4-2-7-19(22)9-6-10-20-8-3-5-12-23(20)35/h2-9,11-12,15,18,24-27,33-35H,10,13-14,16-17H2,1H3,(H,31,37)(H,32,36)/t18-,24+,25+,26+,27+/m0/s1. The summed E-state index contributed by atoms with van der Waals surface area (Å²) in [5.41, 5.74) is 1.89. The van der Waals surface area contributed by atoms with Gasteiger partial charge < -0.3 is 40.2 Å². The molecule has 11 nitrogen and oxygen atoms in total. The van der Waals surface area contributed by atoms with Crippen LogP contribution in [0.1, 0.15) is 34.8 Å². The van der Waals surface area contributed by atoms with Gasteiger partial charge in [0, 0.05) is 18.5 Å². The molecule has 0 bridgehead atoms. The van der Waals surface area contributed by atoms with Crippen molar-refractivity contribution in [3.63, 3.8) is 0 Å². The van der Waals surface area contributed by atoms with E-state index in [9.17, 15) is 24.6 Å². The number of hydrogen-bond donors (Lipinski definition) is 5. The number of fused-ring (bicyclic) bond motifs is 1. The zero-order valence-electron chi connectivity index (χ0n) is 22.6. The molecule has 11 heteroatoms. The summed E-state index contributed by atoms with van der Waals surface area (Å²) >= 11 is 0. The lowest BCUT2D eigenvalue weighted by Crippen LogP contribution is -2.54. The second kappa shape index (κ2) is 14.0. The van der Waals surface area contributed by atoms with Crippen LogP contribution in [0.25, 0.3) is 6.08 Å². The highest BCUT2D eigenvalue weighted by Gasteiger charge is 2.43. The van der Waals surface area contributed by atoms with Gasteiger partial charge >= 0.3 is 5.97 Å². The number of phenols is 1. The number of carbonyl (C=O) groups is 3. The maximum Gasteiger partial charge on any atom is 0.339 e. The molecule has 0 aromatic heterocycles. The third kappa shape index (κ3) is 7.59. The van der Waals surface area contributed by atoms with Gasteiger partial charge in [-0.2, -0.15) is 0 Å². The average Bonchev–Trinajstić information content (AvgIpc) is 3.45. The van der Waals surface area contributed by atoms with Crippen molar-refractivity contribution >= 4 is 23.9 Å². The van der Waals surface area contributed by atoms with E-state index < -0.39 is 48.2 Å². The number of aliphatic hydroxyl groups is 2. The number of aromatic hydroxyl groups is 1. The highest BCUT2D eigenvalue weighted by Crippen LogP contribution is 2.31. The van der Waals surface area contributed by atoms with Gasteiger partial charge in [-0.25, -0.2) is 4.79 Å². The zero-order chi connectivity index (χ0) is 29.4. The van der Waals surface area contributed by atoms with Crippen LogP contribution < -0.4 is 10.6 Å². The maximum absolute atomic E-state index is 13.3. The summed E-state index contributed by atoms with van der Waals surface area (Å²) in [4.78, 5) is 38.8. The highest BCUT2D eigenvalue weighted by molar-refractivity contribution is 5.98. The Labute approximate surface area is 237 Å². The van der Waals surface area contributed by atoms with Crippen LogP contribution in [0.5, 0.6) is 5.75 Å². The smallest absolute Gasteiger partial charge is 0.339 e. The molecule has 1 saturated heterocycles. The van der Waals surface area contributed by atoms with E-state index in [1.165, 1.54) is 6.92 Å². The van der Waals surface area contributed by atoms with Crippen LogP contribution in [0.3, 0.4) is 0 Å². The normalized spacial score (nSPS) is 21.4. The van der Waals surface area contributed by atoms with Gasteiger partial charge in [0.2, 0.25) is 11.8 Å². The minimum Gasteiger partial charge on any atom is -0.508 e. The number of allylic oxidation sites excluding steroid dienone is 1. The predicted octanol–water partition coefficient (Wildman–Crippen LogP) is 1.22. The Hall–Kier alpha value is -4.03. The van der Waals surface area contributed by atoms with Crippen molar-refractivity contribution in [2.75, 3.05) is 19.9 Å². The quantitative estimate of drug-likeness (QED) is 0.252. The summed E-state index contributed by atoms with van der Waals surface area (Å²) in [6.07, 6.45) is 2.31. The Balaban J connectivity index is 1.46. The van der Waals surface area contributed by atoms with Gasteiger partial charge in [0.15, 0.2) is 0 Å². The summed E-state index contributed by atoms with van der Waals surface area (Å²) in [7, 11) is 0. The molecular weight excluding hydrogens is 532 g/mol. The fraction of sp³-hybridized carbons (Fsp3) is 0.367. The van der Waals surface area contributed by atoms with Crippen molar-refractivity contribution in [3.8, 4) is 5.75 Å². The topological polar surface area (TPSA) is 164 Å². The molecule has 41 heavy (non-hydrogen) atoms. The van der Waals surface area contributed by atoms with Gasteiger partial charge in [0.05, 0.1) is 18.3 Å². The number of carbonyl (C=O) groups excluding carboxylic acids is 3. The van der Waals surface area contributed by atoms with Crippen LogP contribution in [0, 0.1) is 0 Å². The van der Waals surface area contributed by atoms with E-state index in [1.54, 1.807) is 48.6 Å². The summed E-state index contributed by atoms with van der Waals surface area (Å²) < 4.78 is 17.1. The Morgan fingerprint density at radius 3 is 2.63 bits per heavy atom. The molecule has 1 fully saturated rings. The van der Waals surface area contributed by atoms with Crippen LogP contribution >= 0.6 is 0 Å². The van der Waals surface area contributed by atoms with Gasteiger partial charge in [-0.1, -0.05) is 48.6 Å². The maximum atomic E-state index is 13.3. The van der Waals surface area contributed by atoms with Crippen LogP contribution in [0.15, 0.2) is 66.3 Å². The number of esters is 1. The van der Waals surface area contributed by atoms with Crippen molar-refractivity contribution in [2.24, 2.45) is 0 Å². The first-order valence-corrected chi connectivity index (χ1v) is 13.3. The molecule has 5 N–H and O–H groups in total. The molecule has 0 saturated carbocycles. The van der Waals surface area contributed by atoms with Gasteiger partial charge in [0.1, 0.15) is 36.9 Å². The number of ether oxygens (including phenoxy) is 3. The average molecular weight is 567 g/mol. The SMILES string of the molecule is C[C@H](O)[C@@H](NC(=O)C1=C[C@H]2OCO[C@H]2[C@H](OC(=O)c2ccccc2C=CCc2ccccc2O)C1)C(=O)NCCO. The first-order chi connectivity index (χ1) is 19.8. The molecule has 4 rings (SSSR count). The lowest BCUT2D eigenvalue weighted by molar-refractivity contribution is -0.130. The Kier molecular flexibility index (Phi) is 10.3. The van der Waals surface area contributed by atoms with E-state index in [0.29, 0.717) is 17.5 Å². The number of benzene rings is 2. The molecule has 0 radical (unpaired) electrons. The van der Waals surface area contributed by atoms with Gasteiger partial charge in [-0.3, -0.25) is 9.59 Å². The molecule has 2 aromatic rings. The lowest BCUT2D eigenvalue weighted by Gasteiger charge is -2.31. The van der Waals surface area contributed by atoms with Crippen molar-refractivity contribution in [2.45, 2.75) is 50.2 Å². The number of nitrogens with one attached hydrogen (secondary N) is 2. The Morgan fingerprint density at radius 1 is 1.12 bits per heavy atom. The van der Waals surface area contributed by atoms with Crippen LogP contribution in [-0.4, -0.2) is 83.5 Å². The van der Waals surface area contributed by atoms with Crippen LogP contribution in [0.2, 0.25) is 0 Å². The molecule has 1 aliphatic heterocycles. The first-order valence-electron chi connectivity index (χ1n) is 13.3. The molecule has 1 heterocycles. The van der Waals surface area contributed by atoms with Crippen molar-refractivity contribution in [1.29, 1.82) is 0 Å². The molecule has 5 atom stereocenters. The van der Waals surface area contributed by atoms with E-state index in [2.05, 4.69) is 10.6 Å². The summed E-state index contributed by atoms with van der Waals surface area (Å²) in [5, 5.41) is 34.0. The molecular formula is C30H34N2O9. The number of hydrogen-bond acceptors (Lipinski definition) is 9. The van der Waals surface area contributed by atoms with Gasteiger partial charge in [-0.15, -0.1) is 0 Å². The van der Waals surface area contributed by atoms with Gasteiger partial charge in [-0.05, 0) is 42.7 Å². The van der Waals surface area contributed by atoms with Crippen molar-refractivity contribution in [1.82, 2.24) is 10.6 Å². The third-order valence-electron chi connectivity index (χ3n) is 6.82. The lowest BCUT2D eigenvalue weighted by atomic mass is 9.91. The van der Waals surface area contributed by atoms with E-state index >= 15 is 0 Å². The summed E-state index contributed by atoms with van der Waals surface area (Å²) in [5.74, 6) is -1.70. The minimum atomic E-state index is -1.26. The van der Waals surface area contributed by atoms with Crippen LogP contribution in [0.4, 0.5) is 0 Å². The van der Waals surface area contributed by atoms with Crippen LogP contribution in [-0.2, 0) is 30.2 Å². The zero-order valence-corrected chi connectivity index (χ0v) is 22.6. The number of para-hydroxylation sites is 1. The molecule has 1 aliphatic carbocycles. The molecule has 2 aliphatic rings. The number of aliphatic hydroxyl groups excluding tert-OH is 2. The molecule has 0 unspecified atom stereocenters. The largest absolute Gasteiger partial charge is 0.508 e. The fourth-order valence-corrected chi connectivity index (χ4v) is 4.68. The van der Waals surface area contributed by atoms with E-state index in [0.717, 1.165) is 5.56 Å². The first kappa shape index (κ1) is 29.9. The molecule has 2 aromatic carbocycles. The predicted molar refractivity (Wildman–Crippen MR) is 148 cm³/mol. The Morgan fingerprint density at radius 2 is 1.88 bits per heavy atom. The number of amides is 2. The number of phenolic OH excluding ortho intramolecular Hbond substituents is 1. The molecule has 0 spiro atoms. The minimum absolute atomic E-state index is 0.00181. The second-order valence-corrected chi connectivity index (χ2v) is 9.75. The second-order valence-electron chi connectivity index (χ2n) is 9.75. The molecule has 218 valence electrons. The van der Waals surface area contributed by atoms with E-state index in [4.69, 9.17) is 19.3 Å². The van der Waals surface area contributed by atoms with E-state index in [-0.39, 0.29) is 37.7 Å². The Bertz CT molecular complexity index is 1310. The monoisotopic (exact) mass is 566 g/mol. The van der Waals surface area contributed by atoms with Crippen molar-refractivity contribution in [3.05, 3.63) is 82.9 Å². The molecule has 2 amide bonds. The van der Waals surface area contributed by atoms with Crippen molar-refractivity contribution < 1.29 is 43.9 Å².